The van der Waals surface area contributed by atoms with Crippen molar-refractivity contribution in [2.75, 3.05) is 19.7 Å². The van der Waals surface area contributed by atoms with E-state index in [2.05, 4.69) is 24.1 Å². The minimum atomic E-state index is 0.477. The van der Waals surface area contributed by atoms with Gasteiger partial charge in [0.1, 0.15) is 5.75 Å². The van der Waals surface area contributed by atoms with Gasteiger partial charge in [-0.1, -0.05) is 25.4 Å². The molecule has 1 heterocycles. The first kappa shape index (κ1) is 13.3. The lowest BCUT2D eigenvalue weighted by molar-refractivity contribution is 0.255. The zero-order chi connectivity index (χ0) is 11.8. The number of pyridine rings is 1. The van der Waals surface area contributed by atoms with Crippen molar-refractivity contribution in [2.24, 2.45) is 5.92 Å². The van der Waals surface area contributed by atoms with Crippen LogP contribution < -0.4 is 10.1 Å². The Hall–Kier alpha value is -0.800. The van der Waals surface area contributed by atoms with E-state index in [1.54, 1.807) is 18.5 Å². The van der Waals surface area contributed by atoms with E-state index in [4.69, 9.17) is 16.3 Å². The Morgan fingerprint density at radius 1 is 1.50 bits per heavy atom. The molecule has 1 N–H and O–H groups in total. The highest BCUT2D eigenvalue weighted by Crippen LogP contribution is 2.15. The first-order valence-corrected chi connectivity index (χ1v) is 6.04. The van der Waals surface area contributed by atoms with Crippen LogP contribution in [0.2, 0.25) is 5.02 Å². The van der Waals surface area contributed by atoms with Gasteiger partial charge >= 0.3 is 0 Å². The van der Waals surface area contributed by atoms with Crippen LogP contribution in [0.3, 0.4) is 0 Å². The molecule has 0 spiro atoms. The zero-order valence-electron chi connectivity index (χ0n) is 9.87. The summed E-state index contributed by atoms with van der Waals surface area (Å²) < 4.78 is 5.59. The lowest BCUT2D eigenvalue weighted by atomic mass is 10.2. The molecule has 0 aromatic carbocycles. The number of aromatic nitrogens is 1. The summed E-state index contributed by atoms with van der Waals surface area (Å²) in [7, 11) is 0. The molecule has 1 aromatic rings. The highest BCUT2D eigenvalue weighted by Gasteiger charge is 2.03. The molecule has 90 valence electrons. The fourth-order valence-electron chi connectivity index (χ4n) is 1.29. The Bertz CT molecular complexity index is 307. The fourth-order valence-corrected chi connectivity index (χ4v) is 1.46. The molecular formula is C12H19ClN2O. The quantitative estimate of drug-likeness (QED) is 0.747. The molecule has 1 aromatic heterocycles. The lowest BCUT2D eigenvalue weighted by Crippen LogP contribution is -2.25. The number of ether oxygens (including phenoxy) is 1. The Morgan fingerprint density at radius 2 is 2.31 bits per heavy atom. The molecule has 1 rings (SSSR count). The van der Waals surface area contributed by atoms with Crippen LogP contribution in [0.25, 0.3) is 0 Å². The van der Waals surface area contributed by atoms with E-state index in [-0.39, 0.29) is 0 Å². The van der Waals surface area contributed by atoms with Crippen LogP contribution in [-0.2, 0) is 0 Å². The van der Waals surface area contributed by atoms with Crippen LogP contribution >= 0.6 is 11.6 Å². The SMILES string of the molecule is CCCNCC(C)COc1cncc(Cl)c1. The molecule has 0 radical (unpaired) electrons. The van der Waals surface area contributed by atoms with Crippen LogP contribution in [0.5, 0.6) is 5.75 Å². The minimum absolute atomic E-state index is 0.477. The summed E-state index contributed by atoms with van der Waals surface area (Å²) >= 11 is 5.81. The first-order chi connectivity index (χ1) is 7.72. The van der Waals surface area contributed by atoms with Crippen LogP contribution in [0.15, 0.2) is 18.5 Å². The van der Waals surface area contributed by atoms with Gasteiger partial charge in [0.05, 0.1) is 17.8 Å². The van der Waals surface area contributed by atoms with Gasteiger partial charge in [0.15, 0.2) is 0 Å². The van der Waals surface area contributed by atoms with E-state index in [9.17, 15) is 0 Å². The molecule has 0 saturated carbocycles. The van der Waals surface area contributed by atoms with Crippen LogP contribution in [0.4, 0.5) is 0 Å². The molecule has 0 aliphatic carbocycles. The number of rotatable bonds is 7. The maximum absolute atomic E-state index is 5.81. The minimum Gasteiger partial charge on any atom is -0.492 e. The van der Waals surface area contributed by atoms with Gasteiger partial charge in [0.25, 0.3) is 0 Å². The van der Waals surface area contributed by atoms with E-state index in [1.807, 2.05) is 0 Å². The van der Waals surface area contributed by atoms with Gasteiger partial charge in [0, 0.05) is 24.7 Å². The fraction of sp³-hybridized carbons (Fsp3) is 0.583. The van der Waals surface area contributed by atoms with Crippen molar-refractivity contribution in [1.29, 1.82) is 0 Å². The summed E-state index contributed by atoms with van der Waals surface area (Å²) in [6.45, 7) is 7.02. The third-order valence-corrected chi connectivity index (χ3v) is 2.34. The maximum atomic E-state index is 5.81. The first-order valence-electron chi connectivity index (χ1n) is 5.66. The Labute approximate surface area is 102 Å². The average Bonchev–Trinajstić information content (AvgIpc) is 2.27. The van der Waals surface area contributed by atoms with Crippen molar-refractivity contribution < 1.29 is 4.74 Å². The molecule has 0 bridgehead atoms. The van der Waals surface area contributed by atoms with Crippen molar-refractivity contribution in [1.82, 2.24) is 10.3 Å². The van der Waals surface area contributed by atoms with Gasteiger partial charge in [-0.3, -0.25) is 4.98 Å². The Morgan fingerprint density at radius 3 is 3.00 bits per heavy atom. The molecule has 4 heteroatoms. The summed E-state index contributed by atoms with van der Waals surface area (Å²) in [5.74, 6) is 1.21. The van der Waals surface area contributed by atoms with E-state index in [1.165, 1.54) is 0 Å². The Balaban J connectivity index is 2.23. The van der Waals surface area contributed by atoms with Crippen LogP contribution in [0, 0.1) is 5.92 Å². The van der Waals surface area contributed by atoms with E-state index < -0.39 is 0 Å². The molecule has 1 unspecified atom stereocenters. The van der Waals surface area contributed by atoms with E-state index in [0.29, 0.717) is 17.5 Å². The smallest absolute Gasteiger partial charge is 0.139 e. The van der Waals surface area contributed by atoms with E-state index in [0.717, 1.165) is 25.3 Å². The highest BCUT2D eigenvalue weighted by atomic mass is 35.5. The third kappa shape index (κ3) is 5.33. The van der Waals surface area contributed by atoms with Crippen LogP contribution in [-0.4, -0.2) is 24.7 Å². The normalized spacial score (nSPS) is 12.4. The van der Waals surface area contributed by atoms with Gasteiger partial charge in [-0.15, -0.1) is 0 Å². The summed E-state index contributed by atoms with van der Waals surface area (Å²) in [5.41, 5.74) is 0. The summed E-state index contributed by atoms with van der Waals surface area (Å²) in [6, 6.07) is 1.78. The molecule has 0 amide bonds. The van der Waals surface area contributed by atoms with Gasteiger partial charge in [-0.2, -0.15) is 0 Å². The van der Waals surface area contributed by atoms with Gasteiger partial charge in [-0.25, -0.2) is 0 Å². The molecule has 0 fully saturated rings. The summed E-state index contributed by atoms with van der Waals surface area (Å²) in [5, 5.41) is 3.97. The molecular weight excluding hydrogens is 224 g/mol. The van der Waals surface area contributed by atoms with Gasteiger partial charge in [-0.05, 0) is 13.0 Å². The maximum Gasteiger partial charge on any atom is 0.139 e. The van der Waals surface area contributed by atoms with Crippen LogP contribution in [0.1, 0.15) is 20.3 Å². The second-order valence-corrected chi connectivity index (χ2v) is 4.40. The zero-order valence-corrected chi connectivity index (χ0v) is 10.6. The molecule has 0 saturated heterocycles. The molecule has 3 nitrogen and oxygen atoms in total. The van der Waals surface area contributed by atoms with Crippen molar-refractivity contribution in [3.63, 3.8) is 0 Å². The molecule has 0 aliphatic rings. The number of nitrogens with one attached hydrogen (secondary N) is 1. The monoisotopic (exact) mass is 242 g/mol. The van der Waals surface area contributed by atoms with Gasteiger partial charge in [0.2, 0.25) is 0 Å². The highest BCUT2D eigenvalue weighted by molar-refractivity contribution is 6.30. The lowest BCUT2D eigenvalue weighted by Gasteiger charge is -2.13. The standard InChI is InChI=1S/C12H19ClN2O/c1-3-4-14-6-10(2)9-16-12-5-11(13)7-15-8-12/h5,7-8,10,14H,3-4,6,9H2,1-2H3. The van der Waals surface area contributed by atoms with Crippen molar-refractivity contribution in [2.45, 2.75) is 20.3 Å². The average molecular weight is 243 g/mol. The predicted octanol–water partition coefficient (Wildman–Crippen LogP) is 2.75. The third-order valence-electron chi connectivity index (χ3n) is 2.13. The number of nitrogens with zero attached hydrogens (tertiary/aromatic N) is 1. The largest absolute Gasteiger partial charge is 0.492 e. The second-order valence-electron chi connectivity index (χ2n) is 3.96. The Kier molecular flexibility index (Phi) is 6.19. The predicted molar refractivity (Wildman–Crippen MR) is 67.1 cm³/mol. The van der Waals surface area contributed by atoms with Crippen molar-refractivity contribution in [3.8, 4) is 5.75 Å². The summed E-state index contributed by atoms with van der Waals surface area (Å²) in [4.78, 5) is 3.97. The second kappa shape index (κ2) is 7.47. The van der Waals surface area contributed by atoms with Crippen molar-refractivity contribution >= 4 is 11.6 Å². The number of halogens is 1. The molecule has 16 heavy (non-hydrogen) atoms. The molecule has 0 aliphatic heterocycles. The van der Waals surface area contributed by atoms with E-state index >= 15 is 0 Å². The van der Waals surface area contributed by atoms with Crippen molar-refractivity contribution in [3.05, 3.63) is 23.5 Å². The number of hydrogen-bond donors (Lipinski definition) is 1. The number of hydrogen-bond acceptors (Lipinski definition) is 3. The topological polar surface area (TPSA) is 34.1 Å². The molecule has 1 atom stereocenters. The summed E-state index contributed by atoms with van der Waals surface area (Å²) in [6.07, 6.45) is 4.44. The van der Waals surface area contributed by atoms with Gasteiger partial charge < -0.3 is 10.1 Å².